The molecule has 0 radical (unpaired) electrons. The van der Waals surface area contributed by atoms with E-state index in [0.717, 1.165) is 34.5 Å². The van der Waals surface area contributed by atoms with Gasteiger partial charge in [-0.3, -0.25) is 4.57 Å². The van der Waals surface area contributed by atoms with Crippen molar-refractivity contribution in [3.05, 3.63) is 240 Å². The maximum Gasteiger partial charge on any atom is 0.145 e. The molecule has 326 valence electrons. The molecule has 0 aliphatic heterocycles. The van der Waals surface area contributed by atoms with Crippen molar-refractivity contribution in [3.8, 4) is 50.5 Å². The predicted octanol–water partition coefficient (Wildman–Crippen LogP) is 16.3. The molecule has 9 aromatic rings. The quantitative estimate of drug-likeness (QED) is 0.166. The van der Waals surface area contributed by atoms with Crippen molar-refractivity contribution in [2.45, 2.75) is 70.3 Å². The van der Waals surface area contributed by atoms with Crippen molar-refractivity contribution < 1.29 is 0 Å². The van der Waals surface area contributed by atoms with Crippen LogP contribution < -0.4 is 4.90 Å². The average molecular weight is 866 g/mol. The normalized spacial score (nSPS) is 15.4. The number of anilines is 2. The molecule has 0 fully saturated rings. The highest BCUT2D eigenvalue weighted by Gasteiger charge is 2.53. The number of hydrogen-bond acceptors (Lipinski definition) is 2. The summed E-state index contributed by atoms with van der Waals surface area (Å²) in [7, 11) is 0. The van der Waals surface area contributed by atoms with Crippen LogP contribution in [0, 0.1) is 0 Å². The van der Waals surface area contributed by atoms with Crippen LogP contribution in [0.15, 0.2) is 206 Å². The molecule has 67 heavy (non-hydrogen) atoms. The Morgan fingerprint density at radius 1 is 0.493 bits per heavy atom. The monoisotopic (exact) mass is 865 g/mol. The van der Waals surface area contributed by atoms with Gasteiger partial charge in [-0.15, -0.1) is 0 Å². The molecule has 3 aliphatic carbocycles. The molecular formula is C64H55N3. The Balaban J connectivity index is 1.08. The van der Waals surface area contributed by atoms with Crippen LogP contribution in [0.25, 0.3) is 61.5 Å². The first-order valence-electron chi connectivity index (χ1n) is 23.9. The summed E-state index contributed by atoms with van der Waals surface area (Å²) in [5.74, 6) is 0.936. The molecule has 0 saturated carbocycles. The van der Waals surface area contributed by atoms with Gasteiger partial charge in [0.2, 0.25) is 0 Å². The third-order valence-electron chi connectivity index (χ3n) is 14.6. The van der Waals surface area contributed by atoms with Crippen molar-refractivity contribution >= 4 is 22.4 Å². The van der Waals surface area contributed by atoms with Crippen LogP contribution in [0.1, 0.15) is 81.3 Å². The van der Waals surface area contributed by atoms with E-state index >= 15 is 0 Å². The Kier molecular flexibility index (Phi) is 9.35. The molecule has 3 heteroatoms. The molecule has 8 aromatic carbocycles. The zero-order valence-electron chi connectivity index (χ0n) is 39.3. The standard InChI is InChI=1S/C64H55N3/c1-62(2,3)45-31-35-52-53-36-32-46(63(4,5)6)40-57(53)64(56(52)39-45)55-38-44(42-26-28-43(29-27-42)61-65-59-24-16-17-25-60(59)67(61)49-22-14-9-15-23-49)30-34-51(55)54-37-33-50(41-58(54)64)66(47-18-10-7-11-19-47)48-20-12-8-13-21-48/h7-20,22-41,48H,21H2,1-6H3. The second-order valence-corrected chi connectivity index (χ2v) is 20.8. The fraction of sp³-hybridized carbons (Fsp3) is 0.172. The highest BCUT2D eigenvalue weighted by Crippen LogP contribution is 2.64. The number of para-hydroxylation sites is 4. The minimum Gasteiger partial charge on any atom is -0.334 e. The van der Waals surface area contributed by atoms with Crippen molar-refractivity contribution in [1.82, 2.24) is 9.55 Å². The highest BCUT2D eigenvalue weighted by atomic mass is 15.2. The number of imidazole rings is 1. The van der Waals surface area contributed by atoms with E-state index in [2.05, 4.69) is 257 Å². The lowest BCUT2D eigenvalue weighted by Crippen LogP contribution is -2.31. The summed E-state index contributed by atoms with van der Waals surface area (Å²) in [5.41, 5.74) is 21.8. The summed E-state index contributed by atoms with van der Waals surface area (Å²) in [6.45, 7) is 14.1. The molecule has 0 N–H and O–H groups in total. The minimum absolute atomic E-state index is 0.0384. The fourth-order valence-electron chi connectivity index (χ4n) is 11.2. The summed E-state index contributed by atoms with van der Waals surface area (Å²) in [6, 6.07) is 68.5. The lowest BCUT2D eigenvalue weighted by Gasteiger charge is -2.35. The molecular weight excluding hydrogens is 811 g/mol. The van der Waals surface area contributed by atoms with Crippen LogP contribution in [-0.2, 0) is 16.2 Å². The lowest BCUT2D eigenvalue weighted by molar-refractivity contribution is 0.586. The van der Waals surface area contributed by atoms with Crippen molar-refractivity contribution in [2.24, 2.45) is 0 Å². The topological polar surface area (TPSA) is 21.1 Å². The molecule has 3 aliphatic rings. The van der Waals surface area contributed by atoms with Gasteiger partial charge >= 0.3 is 0 Å². The van der Waals surface area contributed by atoms with Gasteiger partial charge in [0.05, 0.1) is 22.5 Å². The summed E-state index contributed by atoms with van der Waals surface area (Å²) in [4.78, 5) is 7.74. The third-order valence-corrected chi connectivity index (χ3v) is 14.6. The van der Waals surface area contributed by atoms with Gasteiger partial charge in [-0.1, -0.05) is 193 Å². The predicted molar refractivity (Wildman–Crippen MR) is 281 cm³/mol. The van der Waals surface area contributed by atoms with Crippen LogP contribution in [0.3, 0.4) is 0 Å². The number of rotatable bonds is 6. The minimum atomic E-state index is -0.560. The molecule has 0 amide bonds. The molecule has 1 heterocycles. The Labute approximate surface area is 395 Å². The van der Waals surface area contributed by atoms with E-state index in [-0.39, 0.29) is 16.9 Å². The zero-order chi connectivity index (χ0) is 45.7. The Hall–Kier alpha value is -7.49. The van der Waals surface area contributed by atoms with E-state index in [9.17, 15) is 0 Å². The number of aromatic nitrogens is 2. The molecule has 12 rings (SSSR count). The number of allylic oxidation sites excluding steroid dienone is 2. The second kappa shape index (κ2) is 15.3. The fourth-order valence-corrected chi connectivity index (χ4v) is 11.2. The Morgan fingerprint density at radius 3 is 1.66 bits per heavy atom. The van der Waals surface area contributed by atoms with Crippen LogP contribution in [0.2, 0.25) is 0 Å². The van der Waals surface area contributed by atoms with Gasteiger partial charge in [0.15, 0.2) is 0 Å². The highest BCUT2D eigenvalue weighted by molar-refractivity contribution is 5.97. The van der Waals surface area contributed by atoms with Gasteiger partial charge < -0.3 is 4.90 Å². The second-order valence-electron chi connectivity index (χ2n) is 20.8. The molecule has 1 aromatic heterocycles. The van der Waals surface area contributed by atoms with Gasteiger partial charge in [-0.25, -0.2) is 4.98 Å². The SMILES string of the molecule is CC(C)(C)c1ccc2c(c1)C1(c3cc(-c4ccc(-c5nc6ccccc6n5-c5ccccc5)cc4)ccc3-c3ccc(N(c4ccccc4)C4C=CC=CC4)cc31)c1cc(C(C)(C)C)ccc1-2. The van der Waals surface area contributed by atoms with E-state index in [4.69, 9.17) is 4.98 Å². The van der Waals surface area contributed by atoms with Crippen molar-refractivity contribution in [3.63, 3.8) is 0 Å². The Morgan fingerprint density at radius 2 is 1.03 bits per heavy atom. The van der Waals surface area contributed by atoms with Crippen LogP contribution in [0.5, 0.6) is 0 Å². The third kappa shape index (κ3) is 6.50. The van der Waals surface area contributed by atoms with E-state index in [1.165, 1.54) is 78.1 Å². The first kappa shape index (κ1) is 41.0. The Bertz CT molecular complexity index is 3380. The molecule has 3 nitrogen and oxygen atoms in total. The van der Waals surface area contributed by atoms with Crippen LogP contribution in [-0.4, -0.2) is 15.6 Å². The average Bonchev–Trinajstić information content (AvgIpc) is 3.98. The van der Waals surface area contributed by atoms with E-state index in [1.54, 1.807) is 0 Å². The molecule has 1 spiro atoms. The van der Waals surface area contributed by atoms with Gasteiger partial charge in [-0.05, 0) is 139 Å². The number of benzene rings is 8. The first-order chi connectivity index (χ1) is 32.5. The van der Waals surface area contributed by atoms with Crippen LogP contribution >= 0.6 is 0 Å². The summed E-state index contributed by atoms with van der Waals surface area (Å²) in [5, 5.41) is 0. The maximum atomic E-state index is 5.19. The van der Waals surface area contributed by atoms with Gasteiger partial charge in [0, 0.05) is 22.6 Å². The largest absolute Gasteiger partial charge is 0.334 e. The lowest BCUT2D eigenvalue weighted by atomic mass is 9.68. The van der Waals surface area contributed by atoms with Gasteiger partial charge in [0.1, 0.15) is 5.82 Å². The molecule has 0 saturated heterocycles. The van der Waals surface area contributed by atoms with Gasteiger partial charge in [0.25, 0.3) is 0 Å². The van der Waals surface area contributed by atoms with E-state index in [0.29, 0.717) is 0 Å². The summed E-state index contributed by atoms with van der Waals surface area (Å²) < 4.78 is 2.28. The van der Waals surface area contributed by atoms with Crippen LogP contribution in [0.4, 0.5) is 11.4 Å². The number of hydrogen-bond donors (Lipinski definition) is 0. The van der Waals surface area contributed by atoms with E-state index in [1.807, 2.05) is 0 Å². The number of nitrogens with zero attached hydrogens (tertiary/aromatic N) is 3. The summed E-state index contributed by atoms with van der Waals surface area (Å²) >= 11 is 0. The van der Waals surface area contributed by atoms with E-state index < -0.39 is 5.41 Å². The first-order valence-corrected chi connectivity index (χ1v) is 23.9. The van der Waals surface area contributed by atoms with Gasteiger partial charge in [-0.2, -0.15) is 0 Å². The molecule has 1 atom stereocenters. The molecule has 0 bridgehead atoms. The molecule has 1 unspecified atom stereocenters. The zero-order valence-corrected chi connectivity index (χ0v) is 39.3. The van der Waals surface area contributed by atoms with Crippen molar-refractivity contribution in [2.75, 3.05) is 4.90 Å². The summed E-state index contributed by atoms with van der Waals surface area (Å²) in [6.07, 6.45) is 9.96. The maximum absolute atomic E-state index is 5.19. The number of fused-ring (bicyclic) bond motifs is 11. The van der Waals surface area contributed by atoms with Crippen molar-refractivity contribution in [1.29, 1.82) is 0 Å². The smallest absolute Gasteiger partial charge is 0.145 e.